The Morgan fingerprint density at radius 3 is 2.71 bits per heavy atom. The Hall–Kier alpha value is -3.90. The predicted molar refractivity (Wildman–Crippen MR) is 116 cm³/mol. The molecule has 1 saturated heterocycles. The van der Waals surface area contributed by atoms with Crippen molar-refractivity contribution in [2.45, 2.75) is 13.0 Å². The molecule has 158 valence electrons. The monoisotopic (exact) mass is 418 g/mol. The number of carboxylic acids is 1. The van der Waals surface area contributed by atoms with Crippen LogP contribution < -0.4 is 10.2 Å². The second-order valence-corrected chi connectivity index (χ2v) is 7.44. The van der Waals surface area contributed by atoms with Crippen LogP contribution in [0, 0.1) is 11.3 Å². The van der Waals surface area contributed by atoms with E-state index < -0.39 is 12.0 Å². The van der Waals surface area contributed by atoms with E-state index in [1.54, 1.807) is 36.7 Å². The second kappa shape index (κ2) is 8.45. The van der Waals surface area contributed by atoms with E-state index in [9.17, 15) is 20.0 Å². The number of hydrogen-bond donors (Lipinski definition) is 3. The highest BCUT2D eigenvalue weighted by molar-refractivity contribution is 5.94. The third kappa shape index (κ3) is 4.06. The summed E-state index contributed by atoms with van der Waals surface area (Å²) in [7, 11) is 0. The standard InChI is InChI=1S/C22H22N6O3/c1-14(29)26-16-4-5-17-18(13-25-19(17)11-16)20(22(30)31)27-7-9-28(10-8-27)21-15(12-23)3-2-6-24-21/h2-6,11,13,20,25H,7-10H2,1H3,(H,26,29)(H,30,31)/t20-/m1/s1. The van der Waals surface area contributed by atoms with E-state index in [0.29, 0.717) is 48.8 Å². The summed E-state index contributed by atoms with van der Waals surface area (Å²) in [6.07, 6.45) is 3.38. The molecule has 1 atom stereocenters. The van der Waals surface area contributed by atoms with Crippen LogP contribution in [0.2, 0.25) is 0 Å². The van der Waals surface area contributed by atoms with Crippen LogP contribution in [0.1, 0.15) is 24.1 Å². The number of hydrogen-bond acceptors (Lipinski definition) is 6. The van der Waals surface area contributed by atoms with Gasteiger partial charge in [-0.1, -0.05) is 6.07 Å². The predicted octanol–water partition coefficient (Wildman–Crippen LogP) is 2.34. The van der Waals surface area contributed by atoms with Crippen LogP contribution in [0.15, 0.2) is 42.7 Å². The van der Waals surface area contributed by atoms with Gasteiger partial charge in [-0.25, -0.2) is 4.98 Å². The quantitative estimate of drug-likeness (QED) is 0.581. The molecule has 1 aliphatic rings. The average molecular weight is 418 g/mol. The van der Waals surface area contributed by atoms with Gasteiger partial charge in [0.05, 0.1) is 5.56 Å². The van der Waals surface area contributed by atoms with Crippen molar-refractivity contribution in [3.05, 3.63) is 53.9 Å². The summed E-state index contributed by atoms with van der Waals surface area (Å²) >= 11 is 0. The smallest absolute Gasteiger partial charge is 0.325 e. The molecule has 2 aromatic heterocycles. The molecule has 9 heteroatoms. The first-order valence-electron chi connectivity index (χ1n) is 9.93. The van der Waals surface area contributed by atoms with Crippen LogP contribution in [0.3, 0.4) is 0 Å². The fourth-order valence-electron chi connectivity index (χ4n) is 4.07. The van der Waals surface area contributed by atoms with E-state index >= 15 is 0 Å². The van der Waals surface area contributed by atoms with E-state index in [0.717, 1.165) is 10.9 Å². The number of aromatic nitrogens is 2. The number of nitrogens with one attached hydrogen (secondary N) is 2. The van der Waals surface area contributed by atoms with Gasteiger partial charge in [-0.2, -0.15) is 5.26 Å². The van der Waals surface area contributed by atoms with Gasteiger partial charge in [0, 0.05) is 67.7 Å². The largest absolute Gasteiger partial charge is 0.480 e. The molecule has 0 radical (unpaired) electrons. The van der Waals surface area contributed by atoms with Crippen LogP contribution in [0.4, 0.5) is 11.5 Å². The molecule has 1 aromatic carbocycles. The van der Waals surface area contributed by atoms with Crippen LogP contribution in [-0.4, -0.2) is 58.0 Å². The number of rotatable bonds is 5. The Morgan fingerprint density at radius 1 is 1.26 bits per heavy atom. The van der Waals surface area contributed by atoms with E-state index in [-0.39, 0.29) is 5.91 Å². The zero-order valence-corrected chi connectivity index (χ0v) is 17.0. The Balaban J connectivity index is 1.56. The molecule has 3 aromatic rings. The Labute approximate surface area is 178 Å². The summed E-state index contributed by atoms with van der Waals surface area (Å²) in [5, 5.41) is 22.9. The number of fused-ring (bicyclic) bond motifs is 1. The normalized spacial score (nSPS) is 15.4. The average Bonchev–Trinajstić information content (AvgIpc) is 3.16. The minimum absolute atomic E-state index is 0.167. The van der Waals surface area contributed by atoms with Crippen LogP contribution in [0.5, 0.6) is 0 Å². The maximum absolute atomic E-state index is 12.2. The third-order valence-electron chi connectivity index (χ3n) is 5.45. The number of nitrogens with zero attached hydrogens (tertiary/aromatic N) is 4. The lowest BCUT2D eigenvalue weighted by molar-refractivity contribution is -0.143. The van der Waals surface area contributed by atoms with Gasteiger partial charge in [-0.3, -0.25) is 14.5 Å². The number of carbonyl (C=O) groups excluding carboxylic acids is 1. The highest BCUT2D eigenvalue weighted by Gasteiger charge is 2.32. The summed E-state index contributed by atoms with van der Waals surface area (Å²) in [6, 6.07) is 10.2. The Bertz CT molecular complexity index is 1170. The minimum Gasteiger partial charge on any atom is -0.480 e. The van der Waals surface area contributed by atoms with Gasteiger partial charge < -0.3 is 20.3 Å². The van der Waals surface area contributed by atoms with Crippen molar-refractivity contribution in [2.75, 3.05) is 36.4 Å². The molecule has 1 aliphatic heterocycles. The number of nitriles is 1. The van der Waals surface area contributed by atoms with E-state index in [4.69, 9.17) is 0 Å². The molecule has 0 unspecified atom stereocenters. The molecule has 31 heavy (non-hydrogen) atoms. The molecule has 0 aliphatic carbocycles. The highest BCUT2D eigenvalue weighted by atomic mass is 16.4. The lowest BCUT2D eigenvalue weighted by Crippen LogP contribution is -2.49. The van der Waals surface area contributed by atoms with Gasteiger partial charge in [-0.05, 0) is 24.3 Å². The molecular formula is C22H22N6O3. The van der Waals surface area contributed by atoms with E-state index in [1.165, 1.54) is 6.92 Å². The number of pyridine rings is 1. The summed E-state index contributed by atoms with van der Waals surface area (Å²) in [6.45, 7) is 3.63. The zero-order chi connectivity index (χ0) is 22.0. The maximum Gasteiger partial charge on any atom is 0.325 e. The number of H-pyrrole nitrogens is 1. The highest BCUT2D eigenvalue weighted by Crippen LogP contribution is 2.31. The number of piperazine rings is 1. The molecule has 0 spiro atoms. The van der Waals surface area contributed by atoms with Crippen LogP contribution >= 0.6 is 0 Å². The Morgan fingerprint density at radius 2 is 2.03 bits per heavy atom. The number of amides is 1. The van der Waals surface area contributed by atoms with E-state index in [2.05, 4.69) is 21.4 Å². The Kier molecular flexibility index (Phi) is 5.56. The summed E-state index contributed by atoms with van der Waals surface area (Å²) < 4.78 is 0. The van der Waals surface area contributed by atoms with E-state index in [1.807, 2.05) is 15.9 Å². The van der Waals surface area contributed by atoms with Crippen molar-refractivity contribution in [3.63, 3.8) is 0 Å². The van der Waals surface area contributed by atoms with Crippen molar-refractivity contribution >= 4 is 34.3 Å². The first-order chi connectivity index (χ1) is 15.0. The number of aromatic amines is 1. The summed E-state index contributed by atoms with van der Waals surface area (Å²) in [5.41, 5.74) is 2.61. The number of aliphatic carboxylic acids is 1. The first kappa shape index (κ1) is 20.4. The number of carboxylic acid groups (broad SMARTS) is 1. The zero-order valence-electron chi connectivity index (χ0n) is 17.0. The molecule has 9 nitrogen and oxygen atoms in total. The summed E-state index contributed by atoms with van der Waals surface area (Å²) in [5.74, 6) is -0.454. The van der Waals surface area contributed by atoms with Gasteiger partial charge in [0.15, 0.2) is 0 Å². The summed E-state index contributed by atoms with van der Waals surface area (Å²) in [4.78, 5) is 34.9. The fourth-order valence-corrected chi connectivity index (χ4v) is 4.07. The van der Waals surface area contributed by atoms with Crippen molar-refractivity contribution < 1.29 is 14.7 Å². The van der Waals surface area contributed by atoms with Gasteiger partial charge in [0.2, 0.25) is 5.91 Å². The number of anilines is 2. The molecule has 1 fully saturated rings. The minimum atomic E-state index is -0.921. The molecular weight excluding hydrogens is 396 g/mol. The molecule has 4 rings (SSSR count). The fraction of sp³-hybridized carbons (Fsp3) is 0.273. The molecule has 1 amide bonds. The third-order valence-corrected chi connectivity index (χ3v) is 5.45. The molecule has 0 saturated carbocycles. The van der Waals surface area contributed by atoms with Gasteiger partial charge in [0.25, 0.3) is 0 Å². The van der Waals surface area contributed by atoms with Gasteiger partial charge in [0.1, 0.15) is 17.9 Å². The van der Waals surface area contributed by atoms with Gasteiger partial charge >= 0.3 is 5.97 Å². The van der Waals surface area contributed by atoms with Crippen LogP contribution in [0.25, 0.3) is 10.9 Å². The van der Waals surface area contributed by atoms with Crippen molar-refractivity contribution in [1.82, 2.24) is 14.9 Å². The molecule has 0 bridgehead atoms. The maximum atomic E-state index is 12.2. The second-order valence-electron chi connectivity index (χ2n) is 7.44. The van der Waals surface area contributed by atoms with Crippen molar-refractivity contribution in [2.24, 2.45) is 0 Å². The van der Waals surface area contributed by atoms with Crippen molar-refractivity contribution in [1.29, 1.82) is 5.26 Å². The lowest BCUT2D eigenvalue weighted by atomic mass is 10.0. The first-order valence-corrected chi connectivity index (χ1v) is 9.93. The molecule has 3 N–H and O–H groups in total. The molecule has 3 heterocycles. The SMILES string of the molecule is CC(=O)Nc1ccc2c([C@H](C(=O)O)N3CCN(c4ncccc4C#N)CC3)c[nH]c2c1. The number of carbonyl (C=O) groups is 2. The lowest BCUT2D eigenvalue weighted by Gasteiger charge is -2.38. The van der Waals surface area contributed by atoms with Gasteiger partial charge in [-0.15, -0.1) is 0 Å². The van der Waals surface area contributed by atoms with Crippen molar-refractivity contribution in [3.8, 4) is 6.07 Å². The number of benzene rings is 1. The topological polar surface area (TPSA) is 125 Å². The van der Waals surface area contributed by atoms with Crippen LogP contribution in [-0.2, 0) is 9.59 Å².